The Balaban J connectivity index is 2.51. The van der Waals surface area contributed by atoms with Gasteiger partial charge in [-0.15, -0.1) is 0 Å². The molecule has 4 nitrogen and oxygen atoms in total. The number of aryl methyl sites for hydroxylation is 1. The van der Waals surface area contributed by atoms with Crippen LogP contribution < -0.4 is 5.32 Å². The van der Waals surface area contributed by atoms with E-state index in [9.17, 15) is 5.11 Å². The fourth-order valence-electron chi connectivity index (χ4n) is 1.71. The van der Waals surface area contributed by atoms with Crippen LogP contribution in [0.5, 0.6) is 0 Å². The Morgan fingerprint density at radius 3 is 2.81 bits per heavy atom. The molecule has 1 aromatic heterocycles. The summed E-state index contributed by atoms with van der Waals surface area (Å²) in [4.78, 5) is 0. The quantitative estimate of drug-likeness (QED) is 0.769. The monoisotopic (exact) mass is 225 g/mol. The minimum absolute atomic E-state index is 0.438. The fourth-order valence-corrected chi connectivity index (χ4v) is 1.71. The largest absolute Gasteiger partial charge is 0.384 e. The lowest BCUT2D eigenvalue weighted by Gasteiger charge is -2.24. The summed E-state index contributed by atoms with van der Waals surface area (Å²) in [6.07, 6.45) is 5.85. The minimum atomic E-state index is -0.851. The third kappa shape index (κ3) is 3.61. The van der Waals surface area contributed by atoms with E-state index in [0.717, 1.165) is 18.4 Å². The Morgan fingerprint density at radius 2 is 2.31 bits per heavy atom. The van der Waals surface area contributed by atoms with Crippen LogP contribution in [0.25, 0.3) is 0 Å². The zero-order valence-corrected chi connectivity index (χ0v) is 10.7. The van der Waals surface area contributed by atoms with Crippen LogP contribution in [0.1, 0.15) is 39.2 Å². The second-order valence-electron chi connectivity index (χ2n) is 4.75. The summed E-state index contributed by atoms with van der Waals surface area (Å²) >= 11 is 0. The average Bonchev–Trinajstić information content (AvgIpc) is 2.63. The van der Waals surface area contributed by atoms with Crippen molar-refractivity contribution in [3.05, 3.63) is 18.0 Å². The van der Waals surface area contributed by atoms with E-state index in [1.165, 1.54) is 0 Å². The summed E-state index contributed by atoms with van der Waals surface area (Å²) in [5.74, 6) is 0. The van der Waals surface area contributed by atoms with Gasteiger partial charge in [-0.1, -0.05) is 13.3 Å². The summed E-state index contributed by atoms with van der Waals surface area (Å²) in [5, 5.41) is 17.7. The van der Waals surface area contributed by atoms with Gasteiger partial charge >= 0.3 is 0 Å². The molecule has 0 radical (unpaired) electrons. The maximum absolute atomic E-state index is 10.3. The summed E-state index contributed by atoms with van der Waals surface area (Å²) in [7, 11) is 1.85. The zero-order valence-electron chi connectivity index (χ0n) is 10.7. The lowest BCUT2D eigenvalue weighted by molar-refractivity contribution is 0.0540. The highest BCUT2D eigenvalue weighted by Gasteiger charge is 2.24. The Hall–Kier alpha value is -0.870. The maximum Gasteiger partial charge on any atom is 0.102 e. The van der Waals surface area contributed by atoms with Gasteiger partial charge in [0.25, 0.3) is 0 Å². The number of hydrogen-bond donors (Lipinski definition) is 2. The minimum Gasteiger partial charge on any atom is -0.384 e. The molecule has 0 fully saturated rings. The Kier molecular flexibility index (Phi) is 4.50. The van der Waals surface area contributed by atoms with Gasteiger partial charge in [-0.05, 0) is 20.3 Å². The lowest BCUT2D eigenvalue weighted by atomic mass is 9.99. The topological polar surface area (TPSA) is 50.1 Å². The predicted octanol–water partition coefficient (Wildman–Crippen LogP) is 1.41. The third-order valence-corrected chi connectivity index (χ3v) is 2.84. The molecule has 0 bridgehead atoms. The van der Waals surface area contributed by atoms with Crippen molar-refractivity contribution >= 4 is 0 Å². The van der Waals surface area contributed by atoms with Crippen LogP contribution in [0.15, 0.2) is 12.4 Å². The molecular weight excluding hydrogens is 202 g/mol. The highest BCUT2D eigenvalue weighted by Crippen LogP contribution is 2.18. The lowest BCUT2D eigenvalue weighted by Crippen LogP contribution is -2.39. The van der Waals surface area contributed by atoms with Crippen LogP contribution in [0, 0.1) is 0 Å². The van der Waals surface area contributed by atoms with E-state index < -0.39 is 5.60 Å². The molecule has 1 rings (SSSR count). The second-order valence-corrected chi connectivity index (χ2v) is 4.75. The van der Waals surface area contributed by atoms with Gasteiger partial charge in [-0.2, -0.15) is 5.10 Å². The molecule has 1 aromatic rings. The average molecular weight is 225 g/mol. The van der Waals surface area contributed by atoms with E-state index in [4.69, 9.17) is 0 Å². The van der Waals surface area contributed by atoms with Crippen molar-refractivity contribution in [1.82, 2.24) is 15.1 Å². The molecule has 92 valence electrons. The summed E-state index contributed by atoms with van der Waals surface area (Å²) < 4.78 is 1.71. The standard InChI is InChI=1S/C12H23N3O/c1-5-6-10(2)13-9-12(3,16)11-7-14-15(4)8-11/h7-8,10,13,16H,5-6,9H2,1-4H3. The first-order chi connectivity index (χ1) is 7.45. The van der Waals surface area contributed by atoms with Crippen LogP contribution in [-0.2, 0) is 12.6 Å². The number of nitrogens with zero attached hydrogens (tertiary/aromatic N) is 2. The molecule has 0 aliphatic heterocycles. The first kappa shape index (κ1) is 13.2. The van der Waals surface area contributed by atoms with Crippen molar-refractivity contribution in [3.8, 4) is 0 Å². The zero-order chi connectivity index (χ0) is 12.2. The molecule has 2 atom stereocenters. The Bertz CT molecular complexity index is 320. The van der Waals surface area contributed by atoms with Gasteiger partial charge in [-0.25, -0.2) is 0 Å². The van der Waals surface area contributed by atoms with Crippen molar-refractivity contribution in [3.63, 3.8) is 0 Å². The maximum atomic E-state index is 10.3. The molecule has 4 heteroatoms. The molecule has 1 heterocycles. The Morgan fingerprint density at radius 1 is 1.62 bits per heavy atom. The van der Waals surface area contributed by atoms with E-state index in [1.807, 2.05) is 20.2 Å². The van der Waals surface area contributed by atoms with Crippen molar-refractivity contribution in [2.45, 2.75) is 45.3 Å². The van der Waals surface area contributed by atoms with Gasteiger partial charge in [0.15, 0.2) is 0 Å². The number of hydrogen-bond acceptors (Lipinski definition) is 3. The molecule has 2 unspecified atom stereocenters. The number of rotatable bonds is 6. The van der Waals surface area contributed by atoms with Crippen molar-refractivity contribution < 1.29 is 5.11 Å². The molecule has 0 saturated carbocycles. The van der Waals surface area contributed by atoms with E-state index in [0.29, 0.717) is 12.6 Å². The van der Waals surface area contributed by atoms with Crippen LogP contribution >= 0.6 is 0 Å². The number of aliphatic hydroxyl groups is 1. The van der Waals surface area contributed by atoms with Crippen molar-refractivity contribution in [1.29, 1.82) is 0 Å². The smallest absolute Gasteiger partial charge is 0.102 e. The van der Waals surface area contributed by atoms with Crippen LogP contribution in [0.3, 0.4) is 0 Å². The second kappa shape index (κ2) is 5.46. The van der Waals surface area contributed by atoms with Gasteiger partial charge in [0.2, 0.25) is 0 Å². The Labute approximate surface area is 97.7 Å². The summed E-state index contributed by atoms with van der Waals surface area (Å²) in [6.45, 7) is 6.68. The molecule has 0 saturated heterocycles. The van der Waals surface area contributed by atoms with E-state index in [2.05, 4.69) is 24.3 Å². The summed E-state index contributed by atoms with van der Waals surface area (Å²) in [6, 6.07) is 0.438. The van der Waals surface area contributed by atoms with Gasteiger partial charge in [0, 0.05) is 31.4 Å². The van der Waals surface area contributed by atoms with E-state index in [-0.39, 0.29) is 0 Å². The number of aromatic nitrogens is 2. The highest BCUT2D eigenvalue weighted by atomic mass is 16.3. The summed E-state index contributed by atoms with van der Waals surface area (Å²) in [5.41, 5.74) is 0.00203. The van der Waals surface area contributed by atoms with Crippen molar-refractivity contribution in [2.24, 2.45) is 7.05 Å². The molecule has 0 amide bonds. The molecule has 0 aromatic carbocycles. The van der Waals surface area contributed by atoms with Gasteiger partial charge < -0.3 is 10.4 Å². The van der Waals surface area contributed by atoms with Gasteiger partial charge in [-0.3, -0.25) is 4.68 Å². The fraction of sp³-hybridized carbons (Fsp3) is 0.750. The molecule has 0 spiro atoms. The molecule has 0 aliphatic rings. The predicted molar refractivity (Wildman–Crippen MR) is 65.2 cm³/mol. The van der Waals surface area contributed by atoms with Gasteiger partial charge in [0.05, 0.1) is 6.20 Å². The van der Waals surface area contributed by atoms with Crippen molar-refractivity contribution in [2.75, 3.05) is 6.54 Å². The van der Waals surface area contributed by atoms with Crippen LogP contribution in [0.2, 0.25) is 0 Å². The van der Waals surface area contributed by atoms with Gasteiger partial charge in [0.1, 0.15) is 5.60 Å². The molecular formula is C12H23N3O. The van der Waals surface area contributed by atoms with Crippen LogP contribution in [0.4, 0.5) is 0 Å². The first-order valence-corrected chi connectivity index (χ1v) is 5.90. The number of nitrogens with one attached hydrogen (secondary N) is 1. The third-order valence-electron chi connectivity index (χ3n) is 2.84. The highest BCUT2D eigenvalue weighted by molar-refractivity contribution is 5.14. The molecule has 2 N–H and O–H groups in total. The SMILES string of the molecule is CCCC(C)NCC(C)(O)c1cnn(C)c1. The van der Waals surface area contributed by atoms with E-state index >= 15 is 0 Å². The normalized spacial score (nSPS) is 17.1. The van der Waals surface area contributed by atoms with E-state index in [1.54, 1.807) is 10.9 Å². The van der Waals surface area contributed by atoms with Crippen LogP contribution in [-0.4, -0.2) is 27.5 Å². The first-order valence-electron chi connectivity index (χ1n) is 5.90. The molecule has 16 heavy (non-hydrogen) atoms. The molecule has 0 aliphatic carbocycles.